The van der Waals surface area contributed by atoms with Crippen molar-refractivity contribution in [3.8, 4) is 33.1 Å². The van der Waals surface area contributed by atoms with Gasteiger partial charge in [0.25, 0.3) is 0 Å². The molecule has 2 aromatic heterocycles. The van der Waals surface area contributed by atoms with Crippen LogP contribution in [0.4, 0.5) is 4.39 Å². The molecule has 0 bridgehead atoms. The highest BCUT2D eigenvalue weighted by molar-refractivity contribution is 7.09. The normalized spacial score (nSPS) is 10.8. The second-order valence-corrected chi connectivity index (χ2v) is 5.77. The number of benzene rings is 2. The van der Waals surface area contributed by atoms with Gasteiger partial charge in [-0.1, -0.05) is 30.3 Å². The highest BCUT2D eigenvalue weighted by Crippen LogP contribution is 2.29. The first-order valence-electron chi connectivity index (χ1n) is 7.02. The third-order valence-corrected chi connectivity index (χ3v) is 4.26. The molecule has 0 aliphatic rings. The van der Waals surface area contributed by atoms with Crippen LogP contribution in [-0.4, -0.2) is 9.36 Å². The highest BCUT2D eigenvalue weighted by atomic mass is 32.1. The summed E-state index contributed by atoms with van der Waals surface area (Å²) < 4.78 is 22.6. The summed E-state index contributed by atoms with van der Waals surface area (Å²) in [6.07, 6.45) is 3.27. The molecule has 0 aliphatic carbocycles. The summed E-state index contributed by atoms with van der Waals surface area (Å²) in [6.45, 7) is 0. The molecule has 0 amide bonds. The van der Waals surface area contributed by atoms with Crippen molar-refractivity contribution in [1.29, 1.82) is 0 Å². The lowest BCUT2D eigenvalue weighted by molar-refractivity contribution is 0.568. The fraction of sp³-hybridized carbons (Fsp3) is 0. The molecule has 0 unspecified atom stereocenters. The maximum absolute atomic E-state index is 13.1. The van der Waals surface area contributed by atoms with Crippen molar-refractivity contribution in [3.63, 3.8) is 0 Å². The van der Waals surface area contributed by atoms with Gasteiger partial charge in [0, 0.05) is 5.56 Å². The van der Waals surface area contributed by atoms with Gasteiger partial charge in [-0.15, -0.1) is 0 Å². The molecule has 0 spiro atoms. The van der Waals surface area contributed by atoms with Crippen molar-refractivity contribution >= 4 is 11.5 Å². The van der Waals surface area contributed by atoms with E-state index in [4.69, 9.17) is 4.42 Å². The summed E-state index contributed by atoms with van der Waals surface area (Å²) in [6, 6.07) is 16.2. The van der Waals surface area contributed by atoms with Crippen LogP contribution in [0.2, 0.25) is 0 Å². The fourth-order valence-corrected chi connectivity index (χ4v) is 2.99. The van der Waals surface area contributed by atoms with E-state index in [9.17, 15) is 4.39 Å². The van der Waals surface area contributed by atoms with E-state index in [1.54, 1.807) is 24.7 Å². The number of aromatic nitrogens is 2. The van der Waals surface area contributed by atoms with Crippen molar-refractivity contribution in [2.75, 3.05) is 0 Å². The monoisotopic (exact) mass is 322 g/mol. The first-order valence-corrected chi connectivity index (χ1v) is 7.79. The zero-order valence-corrected chi connectivity index (χ0v) is 12.8. The average molecular weight is 322 g/mol. The molecular weight excluding hydrogens is 311 g/mol. The smallest absolute Gasteiger partial charge is 0.173 e. The van der Waals surface area contributed by atoms with Crippen LogP contribution in [-0.2, 0) is 0 Å². The van der Waals surface area contributed by atoms with Gasteiger partial charge in [-0.25, -0.2) is 9.37 Å². The van der Waals surface area contributed by atoms with Crippen molar-refractivity contribution in [2.45, 2.75) is 0 Å². The topological polar surface area (TPSA) is 38.9 Å². The number of rotatable bonds is 3. The molecule has 4 aromatic rings. The van der Waals surface area contributed by atoms with Gasteiger partial charge < -0.3 is 4.42 Å². The lowest BCUT2D eigenvalue weighted by Crippen LogP contribution is -1.84. The van der Waals surface area contributed by atoms with E-state index in [0.717, 1.165) is 27.3 Å². The zero-order chi connectivity index (χ0) is 15.6. The predicted molar refractivity (Wildman–Crippen MR) is 88.4 cm³/mol. The van der Waals surface area contributed by atoms with Crippen LogP contribution in [0, 0.1) is 5.82 Å². The maximum Gasteiger partial charge on any atom is 0.173 e. The van der Waals surface area contributed by atoms with E-state index in [0.29, 0.717) is 5.82 Å². The van der Waals surface area contributed by atoms with E-state index in [2.05, 4.69) is 9.36 Å². The van der Waals surface area contributed by atoms with Gasteiger partial charge >= 0.3 is 0 Å². The molecule has 0 fully saturated rings. The van der Waals surface area contributed by atoms with E-state index in [1.807, 2.05) is 30.3 Å². The molecule has 0 aliphatic heterocycles. The lowest BCUT2D eigenvalue weighted by Gasteiger charge is -2.03. The Morgan fingerprint density at radius 3 is 2.48 bits per heavy atom. The average Bonchev–Trinajstić information content (AvgIpc) is 3.27. The summed E-state index contributed by atoms with van der Waals surface area (Å²) in [5.74, 6) is 0.436. The third-order valence-electron chi connectivity index (χ3n) is 3.49. The van der Waals surface area contributed by atoms with E-state index >= 15 is 0 Å². The van der Waals surface area contributed by atoms with Crippen molar-refractivity contribution in [2.24, 2.45) is 0 Å². The van der Waals surface area contributed by atoms with Gasteiger partial charge in [0.05, 0.1) is 11.8 Å². The summed E-state index contributed by atoms with van der Waals surface area (Å²) >= 11 is 1.34. The van der Waals surface area contributed by atoms with E-state index in [1.165, 1.54) is 23.7 Å². The molecule has 112 valence electrons. The Balaban J connectivity index is 1.70. The molecule has 2 heterocycles. The Morgan fingerprint density at radius 1 is 0.870 bits per heavy atom. The predicted octanol–water partition coefficient (Wildman–Crippen LogP) is 5.27. The van der Waals surface area contributed by atoms with Crippen LogP contribution >= 0.6 is 11.5 Å². The number of hydrogen-bond donors (Lipinski definition) is 0. The van der Waals surface area contributed by atoms with Gasteiger partial charge in [0.2, 0.25) is 0 Å². The van der Waals surface area contributed by atoms with Gasteiger partial charge in [0.15, 0.2) is 5.82 Å². The van der Waals surface area contributed by atoms with Crippen LogP contribution in [0.25, 0.3) is 33.1 Å². The molecule has 4 rings (SSSR count). The van der Waals surface area contributed by atoms with Gasteiger partial charge in [0.1, 0.15) is 17.1 Å². The SMILES string of the molecule is Fc1ccc(-c2cccc(-c3nsc(-c4ccoc4)n3)c2)cc1. The Hall–Kier alpha value is -2.79. The molecule has 0 atom stereocenters. The largest absolute Gasteiger partial charge is 0.472 e. The molecule has 23 heavy (non-hydrogen) atoms. The minimum atomic E-state index is -0.240. The molecule has 2 aromatic carbocycles. The second kappa shape index (κ2) is 5.78. The van der Waals surface area contributed by atoms with Crippen LogP contribution in [0.15, 0.2) is 71.5 Å². The van der Waals surface area contributed by atoms with Gasteiger partial charge in [-0.05, 0) is 46.9 Å². The van der Waals surface area contributed by atoms with E-state index in [-0.39, 0.29) is 5.82 Å². The van der Waals surface area contributed by atoms with Gasteiger partial charge in [-0.3, -0.25) is 0 Å². The number of furan rings is 1. The minimum Gasteiger partial charge on any atom is -0.472 e. The molecule has 0 N–H and O–H groups in total. The van der Waals surface area contributed by atoms with Crippen LogP contribution < -0.4 is 0 Å². The Kier molecular flexibility index (Phi) is 3.48. The third kappa shape index (κ3) is 2.78. The highest BCUT2D eigenvalue weighted by Gasteiger charge is 2.10. The standard InChI is InChI=1S/C18H11FN2OS/c19-16-6-4-12(5-7-16)13-2-1-3-14(10-13)17-20-18(23-21-17)15-8-9-22-11-15/h1-11H. The Bertz CT molecular complexity index is 930. The molecule has 3 nitrogen and oxygen atoms in total. The van der Waals surface area contributed by atoms with Crippen molar-refractivity contribution < 1.29 is 8.81 Å². The molecule has 0 saturated heterocycles. The first-order chi connectivity index (χ1) is 11.3. The fourth-order valence-electron chi connectivity index (χ4n) is 2.32. The Labute approximate surface area is 136 Å². The van der Waals surface area contributed by atoms with Crippen molar-refractivity contribution in [1.82, 2.24) is 9.36 Å². The van der Waals surface area contributed by atoms with Crippen LogP contribution in [0.3, 0.4) is 0 Å². The maximum atomic E-state index is 13.1. The molecule has 5 heteroatoms. The number of halogens is 1. The summed E-state index contributed by atoms with van der Waals surface area (Å²) in [4.78, 5) is 4.56. The summed E-state index contributed by atoms with van der Waals surface area (Å²) in [7, 11) is 0. The molecular formula is C18H11FN2OS. The van der Waals surface area contributed by atoms with Crippen LogP contribution in [0.5, 0.6) is 0 Å². The number of hydrogen-bond acceptors (Lipinski definition) is 4. The Morgan fingerprint density at radius 2 is 1.70 bits per heavy atom. The number of nitrogens with zero attached hydrogens (tertiary/aromatic N) is 2. The zero-order valence-electron chi connectivity index (χ0n) is 11.9. The van der Waals surface area contributed by atoms with E-state index < -0.39 is 0 Å². The van der Waals surface area contributed by atoms with Crippen molar-refractivity contribution in [3.05, 3.63) is 72.9 Å². The lowest BCUT2D eigenvalue weighted by atomic mass is 10.0. The second-order valence-electron chi connectivity index (χ2n) is 5.02. The summed E-state index contributed by atoms with van der Waals surface area (Å²) in [5.41, 5.74) is 3.81. The van der Waals surface area contributed by atoms with Gasteiger partial charge in [-0.2, -0.15) is 4.37 Å². The quantitative estimate of drug-likeness (QED) is 0.515. The molecule has 0 saturated carbocycles. The van der Waals surface area contributed by atoms with Crippen LogP contribution in [0.1, 0.15) is 0 Å². The molecule has 0 radical (unpaired) electrons. The summed E-state index contributed by atoms with van der Waals surface area (Å²) in [5, 5.41) is 0.820. The minimum absolute atomic E-state index is 0.240. The first kappa shape index (κ1) is 13.8.